The van der Waals surface area contributed by atoms with Gasteiger partial charge in [-0.1, -0.05) is 11.6 Å². The quantitative estimate of drug-likeness (QED) is 0.807. The van der Waals surface area contributed by atoms with Gasteiger partial charge in [0.25, 0.3) is 0 Å². The number of rotatable bonds is 3. The standard InChI is InChI=1S/C13H12ClNO/c1-9(12-3-2-8-15-12)13(16)10-4-6-11(14)7-5-10/h2-9,15H,1H3. The highest BCUT2D eigenvalue weighted by Crippen LogP contribution is 2.20. The van der Waals surface area contributed by atoms with Crippen LogP contribution in [0.5, 0.6) is 0 Å². The molecule has 16 heavy (non-hydrogen) atoms. The van der Waals surface area contributed by atoms with Crippen LogP contribution < -0.4 is 0 Å². The highest BCUT2D eigenvalue weighted by molar-refractivity contribution is 6.30. The van der Waals surface area contributed by atoms with Crippen molar-refractivity contribution in [2.45, 2.75) is 12.8 Å². The molecule has 0 aliphatic heterocycles. The Balaban J connectivity index is 2.22. The number of hydrogen-bond acceptors (Lipinski definition) is 1. The number of aromatic nitrogens is 1. The Bertz CT molecular complexity index is 473. The molecule has 3 heteroatoms. The minimum atomic E-state index is -0.156. The van der Waals surface area contributed by atoms with Gasteiger partial charge >= 0.3 is 0 Å². The van der Waals surface area contributed by atoms with Crippen LogP contribution in [0.3, 0.4) is 0 Å². The molecule has 0 saturated heterocycles. The number of carbonyl (C=O) groups is 1. The molecule has 1 N–H and O–H groups in total. The Morgan fingerprint density at radius 1 is 1.25 bits per heavy atom. The van der Waals surface area contributed by atoms with Crippen molar-refractivity contribution in [3.8, 4) is 0 Å². The second-order valence-corrected chi connectivity index (χ2v) is 4.15. The van der Waals surface area contributed by atoms with Crippen molar-refractivity contribution in [3.05, 3.63) is 58.9 Å². The van der Waals surface area contributed by atoms with Crippen LogP contribution in [0.25, 0.3) is 0 Å². The van der Waals surface area contributed by atoms with Gasteiger partial charge in [0.05, 0.1) is 5.92 Å². The minimum Gasteiger partial charge on any atom is -0.364 e. The average molecular weight is 234 g/mol. The molecule has 2 aromatic rings. The van der Waals surface area contributed by atoms with Gasteiger partial charge in [-0.2, -0.15) is 0 Å². The molecule has 1 heterocycles. The first kappa shape index (κ1) is 11.0. The summed E-state index contributed by atoms with van der Waals surface area (Å²) in [5.74, 6) is -0.0599. The summed E-state index contributed by atoms with van der Waals surface area (Å²) < 4.78 is 0. The van der Waals surface area contributed by atoms with E-state index in [1.165, 1.54) is 0 Å². The molecule has 0 aliphatic carbocycles. The van der Waals surface area contributed by atoms with E-state index in [0.717, 1.165) is 5.69 Å². The number of carbonyl (C=O) groups excluding carboxylic acids is 1. The summed E-state index contributed by atoms with van der Waals surface area (Å²) in [4.78, 5) is 15.1. The zero-order chi connectivity index (χ0) is 11.5. The molecule has 82 valence electrons. The maximum Gasteiger partial charge on any atom is 0.171 e. The summed E-state index contributed by atoms with van der Waals surface area (Å²) >= 11 is 5.78. The van der Waals surface area contributed by atoms with Gasteiger partial charge in [0.15, 0.2) is 5.78 Å². The summed E-state index contributed by atoms with van der Waals surface area (Å²) in [6.07, 6.45) is 1.82. The largest absolute Gasteiger partial charge is 0.364 e. The van der Waals surface area contributed by atoms with Gasteiger partial charge in [-0.15, -0.1) is 0 Å². The number of halogens is 1. The molecule has 0 bridgehead atoms. The summed E-state index contributed by atoms with van der Waals surface area (Å²) in [5, 5.41) is 0.643. The van der Waals surface area contributed by atoms with Crippen LogP contribution in [0.1, 0.15) is 28.9 Å². The summed E-state index contributed by atoms with van der Waals surface area (Å²) in [5.41, 5.74) is 1.62. The van der Waals surface area contributed by atoms with Gasteiger partial charge in [0.1, 0.15) is 0 Å². The molecule has 1 aromatic carbocycles. The number of H-pyrrole nitrogens is 1. The van der Waals surface area contributed by atoms with Crippen LogP contribution in [-0.2, 0) is 0 Å². The molecule has 1 atom stereocenters. The Morgan fingerprint density at radius 3 is 2.50 bits per heavy atom. The van der Waals surface area contributed by atoms with Crippen LogP contribution in [0.15, 0.2) is 42.6 Å². The van der Waals surface area contributed by atoms with Crippen LogP contribution in [-0.4, -0.2) is 10.8 Å². The lowest BCUT2D eigenvalue weighted by Gasteiger charge is -2.08. The first-order valence-electron chi connectivity index (χ1n) is 5.11. The average Bonchev–Trinajstić information content (AvgIpc) is 2.81. The van der Waals surface area contributed by atoms with E-state index >= 15 is 0 Å². The van der Waals surface area contributed by atoms with Crippen molar-refractivity contribution < 1.29 is 4.79 Å². The first-order chi connectivity index (χ1) is 7.68. The fourth-order valence-corrected chi connectivity index (χ4v) is 1.74. The first-order valence-corrected chi connectivity index (χ1v) is 5.49. The lowest BCUT2D eigenvalue weighted by atomic mass is 9.97. The maximum atomic E-state index is 12.1. The predicted octanol–water partition coefficient (Wildman–Crippen LogP) is 3.65. The number of ketones is 1. The van der Waals surface area contributed by atoms with Gasteiger partial charge in [-0.25, -0.2) is 0 Å². The predicted molar refractivity (Wildman–Crippen MR) is 65.0 cm³/mol. The summed E-state index contributed by atoms with van der Waals surface area (Å²) in [6, 6.07) is 10.8. The third kappa shape index (κ3) is 2.17. The smallest absolute Gasteiger partial charge is 0.171 e. The Morgan fingerprint density at radius 2 is 1.94 bits per heavy atom. The molecule has 2 rings (SSSR count). The van der Waals surface area contributed by atoms with Crippen LogP contribution >= 0.6 is 11.6 Å². The lowest BCUT2D eigenvalue weighted by Crippen LogP contribution is -2.09. The van der Waals surface area contributed by atoms with Crippen LogP contribution in [0, 0.1) is 0 Å². The van der Waals surface area contributed by atoms with Crippen LogP contribution in [0.4, 0.5) is 0 Å². The maximum absolute atomic E-state index is 12.1. The van der Waals surface area contributed by atoms with Gasteiger partial charge in [-0.3, -0.25) is 4.79 Å². The van der Waals surface area contributed by atoms with Gasteiger partial charge in [0, 0.05) is 22.5 Å². The van der Waals surface area contributed by atoms with E-state index in [4.69, 9.17) is 11.6 Å². The Hall–Kier alpha value is -1.54. The van der Waals surface area contributed by atoms with Crippen molar-refractivity contribution in [1.29, 1.82) is 0 Å². The van der Waals surface area contributed by atoms with Crippen LogP contribution in [0.2, 0.25) is 5.02 Å². The molecule has 0 amide bonds. The number of hydrogen-bond donors (Lipinski definition) is 1. The third-order valence-electron chi connectivity index (χ3n) is 2.61. The summed E-state index contributed by atoms with van der Waals surface area (Å²) in [6.45, 7) is 1.89. The zero-order valence-electron chi connectivity index (χ0n) is 8.91. The number of benzene rings is 1. The zero-order valence-corrected chi connectivity index (χ0v) is 9.66. The van der Waals surface area contributed by atoms with Gasteiger partial charge < -0.3 is 4.98 Å². The highest BCUT2D eigenvalue weighted by atomic mass is 35.5. The third-order valence-corrected chi connectivity index (χ3v) is 2.86. The Labute approximate surface area is 99.3 Å². The van der Waals surface area contributed by atoms with Gasteiger partial charge in [0.2, 0.25) is 0 Å². The van der Waals surface area contributed by atoms with E-state index in [9.17, 15) is 4.79 Å². The minimum absolute atomic E-state index is 0.0964. The lowest BCUT2D eigenvalue weighted by molar-refractivity contribution is 0.0965. The molecule has 0 aliphatic rings. The molecule has 0 spiro atoms. The topological polar surface area (TPSA) is 32.9 Å². The van der Waals surface area contributed by atoms with E-state index in [-0.39, 0.29) is 11.7 Å². The fraction of sp³-hybridized carbons (Fsp3) is 0.154. The van der Waals surface area contributed by atoms with Crippen molar-refractivity contribution in [1.82, 2.24) is 4.98 Å². The van der Waals surface area contributed by atoms with E-state index in [1.807, 2.05) is 25.3 Å². The summed E-state index contributed by atoms with van der Waals surface area (Å²) in [7, 11) is 0. The van der Waals surface area contributed by atoms with E-state index in [1.54, 1.807) is 24.3 Å². The molecule has 1 aromatic heterocycles. The molecule has 1 unspecified atom stereocenters. The monoisotopic (exact) mass is 233 g/mol. The van der Waals surface area contributed by atoms with Gasteiger partial charge in [-0.05, 0) is 43.3 Å². The van der Waals surface area contributed by atoms with E-state index < -0.39 is 0 Å². The van der Waals surface area contributed by atoms with Crippen molar-refractivity contribution in [2.24, 2.45) is 0 Å². The second kappa shape index (κ2) is 4.54. The molecule has 0 saturated carbocycles. The molecular formula is C13H12ClNO. The number of nitrogens with one attached hydrogen (secondary N) is 1. The number of Topliss-reactive ketones (excluding diaryl/α,β-unsaturated/α-hetero) is 1. The van der Waals surface area contributed by atoms with E-state index in [0.29, 0.717) is 10.6 Å². The highest BCUT2D eigenvalue weighted by Gasteiger charge is 2.17. The molecular weight excluding hydrogens is 222 g/mol. The SMILES string of the molecule is CC(C(=O)c1ccc(Cl)cc1)c1ccc[nH]1. The fourth-order valence-electron chi connectivity index (χ4n) is 1.62. The second-order valence-electron chi connectivity index (χ2n) is 3.72. The van der Waals surface area contributed by atoms with Crippen molar-refractivity contribution in [3.63, 3.8) is 0 Å². The normalized spacial score (nSPS) is 12.4. The Kier molecular flexibility index (Phi) is 3.11. The van der Waals surface area contributed by atoms with Crippen molar-refractivity contribution in [2.75, 3.05) is 0 Å². The van der Waals surface area contributed by atoms with E-state index in [2.05, 4.69) is 4.98 Å². The molecule has 2 nitrogen and oxygen atoms in total. The number of aromatic amines is 1. The molecule has 0 fully saturated rings. The van der Waals surface area contributed by atoms with Crippen molar-refractivity contribution >= 4 is 17.4 Å². The molecule has 0 radical (unpaired) electrons.